The Bertz CT molecular complexity index is 578. The first-order valence-electron chi connectivity index (χ1n) is 5.50. The van der Waals surface area contributed by atoms with Gasteiger partial charge in [-0.15, -0.1) is 0 Å². The van der Waals surface area contributed by atoms with Crippen molar-refractivity contribution in [3.8, 4) is 21.4 Å². The fourth-order valence-corrected chi connectivity index (χ4v) is 2.42. The van der Waals surface area contributed by atoms with Crippen molar-refractivity contribution in [2.45, 2.75) is 13.3 Å². The summed E-state index contributed by atoms with van der Waals surface area (Å²) in [7, 11) is 1.56. The van der Waals surface area contributed by atoms with Crippen LogP contribution in [0.5, 0.6) is 10.9 Å². The van der Waals surface area contributed by atoms with E-state index in [0.717, 1.165) is 16.0 Å². The number of benzene rings is 1. The van der Waals surface area contributed by atoms with Gasteiger partial charge in [0.25, 0.3) is 5.19 Å². The summed E-state index contributed by atoms with van der Waals surface area (Å²) < 4.78 is 5.04. The van der Waals surface area contributed by atoms with Gasteiger partial charge in [-0.3, -0.25) is 4.79 Å². The summed E-state index contributed by atoms with van der Waals surface area (Å²) in [6.07, 6.45) is 3.02. The van der Waals surface area contributed by atoms with Crippen LogP contribution in [0, 0.1) is 0 Å². The number of nitrogens with zero attached hydrogens (tertiary/aromatic N) is 1. The number of phenolic OH excluding ortho intramolecular Hbond substituents is 1. The second-order valence-electron chi connectivity index (χ2n) is 3.74. The number of hydrogen-bond donors (Lipinski definition) is 1. The third-order valence-corrected chi connectivity index (χ3v) is 3.68. The first-order chi connectivity index (χ1) is 8.69. The lowest BCUT2D eigenvalue weighted by molar-refractivity contribution is 0.112. The average Bonchev–Trinajstić information content (AvgIpc) is 2.88. The molecule has 0 unspecified atom stereocenters. The predicted octanol–water partition coefficient (Wildman–Crippen LogP) is 2.90. The predicted molar refractivity (Wildman–Crippen MR) is 70.5 cm³/mol. The number of thiazole rings is 1. The number of hydrogen-bond acceptors (Lipinski definition) is 5. The Kier molecular flexibility index (Phi) is 3.62. The molecular formula is C13H13NO3S. The lowest BCUT2D eigenvalue weighted by Crippen LogP contribution is -1.90. The Hall–Kier alpha value is -1.88. The van der Waals surface area contributed by atoms with E-state index in [1.54, 1.807) is 19.4 Å². The smallest absolute Gasteiger partial charge is 0.273 e. The van der Waals surface area contributed by atoms with Gasteiger partial charge in [0.2, 0.25) is 0 Å². The summed E-state index contributed by atoms with van der Waals surface area (Å²) in [4.78, 5) is 15.9. The summed E-state index contributed by atoms with van der Waals surface area (Å²) in [6.45, 7) is 1.93. The molecule has 5 heteroatoms. The zero-order valence-corrected chi connectivity index (χ0v) is 11.0. The third-order valence-electron chi connectivity index (χ3n) is 2.67. The third kappa shape index (κ3) is 2.22. The summed E-state index contributed by atoms with van der Waals surface area (Å²) in [5, 5.41) is 10.4. The summed E-state index contributed by atoms with van der Waals surface area (Å²) in [5.74, 6) is 0.0627. The van der Waals surface area contributed by atoms with Crippen LogP contribution in [0.3, 0.4) is 0 Å². The SMILES string of the molecule is CCc1cc(-c2cnc(OC)s2)cc(C=O)c1O. The van der Waals surface area contributed by atoms with Crippen molar-refractivity contribution in [3.63, 3.8) is 0 Å². The van der Waals surface area contributed by atoms with Crippen LogP contribution in [0.1, 0.15) is 22.8 Å². The van der Waals surface area contributed by atoms with Gasteiger partial charge in [-0.25, -0.2) is 4.98 Å². The van der Waals surface area contributed by atoms with Crippen molar-refractivity contribution in [1.29, 1.82) is 0 Å². The van der Waals surface area contributed by atoms with Crippen molar-refractivity contribution >= 4 is 17.6 Å². The van der Waals surface area contributed by atoms with E-state index in [9.17, 15) is 9.90 Å². The van der Waals surface area contributed by atoms with E-state index >= 15 is 0 Å². The van der Waals surface area contributed by atoms with Crippen LogP contribution in [0.4, 0.5) is 0 Å². The molecular weight excluding hydrogens is 250 g/mol. The van der Waals surface area contributed by atoms with E-state index in [4.69, 9.17) is 4.74 Å². The Morgan fingerprint density at radius 2 is 2.28 bits per heavy atom. The second-order valence-corrected chi connectivity index (χ2v) is 4.73. The van der Waals surface area contributed by atoms with E-state index < -0.39 is 0 Å². The zero-order chi connectivity index (χ0) is 13.1. The molecule has 2 aromatic rings. The number of carbonyl (C=O) groups excluding carboxylic acids is 1. The Morgan fingerprint density at radius 1 is 1.50 bits per heavy atom. The van der Waals surface area contributed by atoms with Gasteiger partial charge in [0.1, 0.15) is 5.75 Å². The zero-order valence-electron chi connectivity index (χ0n) is 10.1. The molecule has 18 heavy (non-hydrogen) atoms. The van der Waals surface area contributed by atoms with Crippen LogP contribution >= 0.6 is 11.3 Å². The molecule has 0 radical (unpaired) electrons. The van der Waals surface area contributed by atoms with E-state index in [-0.39, 0.29) is 5.75 Å². The fourth-order valence-electron chi connectivity index (χ4n) is 1.71. The lowest BCUT2D eigenvalue weighted by atomic mass is 10.0. The molecule has 0 spiro atoms. The van der Waals surface area contributed by atoms with E-state index in [0.29, 0.717) is 23.5 Å². The van der Waals surface area contributed by atoms with Gasteiger partial charge in [0, 0.05) is 6.20 Å². The van der Waals surface area contributed by atoms with E-state index in [2.05, 4.69) is 4.98 Å². The van der Waals surface area contributed by atoms with Crippen LogP contribution in [0.2, 0.25) is 0 Å². The van der Waals surface area contributed by atoms with Gasteiger partial charge in [-0.2, -0.15) is 0 Å². The van der Waals surface area contributed by atoms with Crippen LogP contribution in [-0.2, 0) is 6.42 Å². The number of aromatic nitrogens is 1. The normalized spacial score (nSPS) is 10.3. The molecule has 0 saturated heterocycles. The topological polar surface area (TPSA) is 59.4 Å². The van der Waals surface area contributed by atoms with Gasteiger partial charge in [-0.05, 0) is 29.7 Å². The highest BCUT2D eigenvalue weighted by Gasteiger charge is 2.11. The van der Waals surface area contributed by atoms with Crippen LogP contribution in [0.25, 0.3) is 10.4 Å². The molecule has 0 saturated carbocycles. The lowest BCUT2D eigenvalue weighted by Gasteiger charge is -2.07. The van der Waals surface area contributed by atoms with Crippen molar-refractivity contribution in [2.24, 2.45) is 0 Å². The molecule has 0 amide bonds. The molecule has 0 aliphatic rings. The number of aryl methyl sites for hydroxylation is 1. The standard InChI is InChI=1S/C13H13NO3S/c1-3-8-4-9(5-10(7-15)12(8)16)11-6-14-13(17-2)18-11/h4-7,16H,3H2,1-2H3. The largest absolute Gasteiger partial charge is 0.507 e. The molecule has 2 rings (SSSR count). The molecule has 0 aliphatic carbocycles. The Morgan fingerprint density at radius 3 is 2.83 bits per heavy atom. The average molecular weight is 263 g/mol. The van der Waals surface area contributed by atoms with E-state index in [1.807, 2.05) is 13.0 Å². The minimum Gasteiger partial charge on any atom is -0.507 e. The minimum atomic E-state index is 0.0627. The number of carbonyl (C=O) groups is 1. The van der Waals surface area contributed by atoms with Crippen molar-refractivity contribution < 1.29 is 14.6 Å². The first kappa shape index (κ1) is 12.6. The number of aldehydes is 1. The number of rotatable bonds is 4. The van der Waals surface area contributed by atoms with Crippen molar-refractivity contribution in [1.82, 2.24) is 4.98 Å². The number of phenols is 1. The van der Waals surface area contributed by atoms with Crippen LogP contribution in [0.15, 0.2) is 18.3 Å². The first-order valence-corrected chi connectivity index (χ1v) is 6.32. The van der Waals surface area contributed by atoms with Gasteiger partial charge in [0.05, 0.1) is 17.6 Å². The highest BCUT2D eigenvalue weighted by molar-refractivity contribution is 7.16. The van der Waals surface area contributed by atoms with Gasteiger partial charge < -0.3 is 9.84 Å². The summed E-state index contributed by atoms with van der Waals surface area (Å²) in [6, 6.07) is 3.53. The van der Waals surface area contributed by atoms with Crippen molar-refractivity contribution in [2.75, 3.05) is 7.11 Å². The molecule has 0 atom stereocenters. The highest BCUT2D eigenvalue weighted by Crippen LogP contribution is 2.34. The maximum atomic E-state index is 10.9. The number of methoxy groups -OCH3 is 1. The Labute approximate surface area is 109 Å². The minimum absolute atomic E-state index is 0.0627. The van der Waals surface area contributed by atoms with Crippen LogP contribution in [-0.4, -0.2) is 23.5 Å². The monoisotopic (exact) mass is 263 g/mol. The highest BCUT2D eigenvalue weighted by atomic mass is 32.1. The fraction of sp³-hybridized carbons (Fsp3) is 0.231. The quantitative estimate of drug-likeness (QED) is 0.862. The summed E-state index contributed by atoms with van der Waals surface area (Å²) in [5.41, 5.74) is 1.92. The molecule has 1 aromatic carbocycles. The molecule has 1 heterocycles. The molecule has 0 bridgehead atoms. The second kappa shape index (κ2) is 5.18. The number of aromatic hydroxyl groups is 1. The maximum absolute atomic E-state index is 10.9. The van der Waals surface area contributed by atoms with Gasteiger partial charge in [-0.1, -0.05) is 18.3 Å². The molecule has 4 nitrogen and oxygen atoms in total. The maximum Gasteiger partial charge on any atom is 0.273 e. The van der Waals surface area contributed by atoms with Crippen molar-refractivity contribution in [3.05, 3.63) is 29.5 Å². The Balaban J connectivity index is 2.53. The molecule has 0 aliphatic heterocycles. The molecule has 94 valence electrons. The molecule has 0 fully saturated rings. The van der Waals surface area contributed by atoms with Crippen LogP contribution < -0.4 is 4.74 Å². The number of ether oxygens (including phenoxy) is 1. The van der Waals surface area contributed by atoms with Gasteiger partial charge >= 0.3 is 0 Å². The molecule has 1 N–H and O–H groups in total. The summed E-state index contributed by atoms with van der Waals surface area (Å²) >= 11 is 1.40. The van der Waals surface area contributed by atoms with Gasteiger partial charge in [0.15, 0.2) is 6.29 Å². The molecule has 1 aromatic heterocycles. The van der Waals surface area contributed by atoms with E-state index in [1.165, 1.54) is 11.3 Å².